The number of hydrogen-bond acceptors (Lipinski definition) is 4. The highest BCUT2D eigenvalue weighted by Crippen LogP contribution is 2.43. The Balaban J connectivity index is 2.00. The standard InChI is InChI=1S/C20H26S4/c1-3-20(2,23-14-18-10-6-4-8-16(18)12-21)24-15-19-11-7-5-9-17(19)13-22/h4-11,21-22H,3,12-15H2,1-2H3. The second kappa shape index (κ2) is 10.1. The minimum Gasteiger partial charge on any atom is -0.175 e. The second-order valence-electron chi connectivity index (χ2n) is 5.92. The van der Waals surface area contributed by atoms with Crippen LogP contribution in [0.5, 0.6) is 0 Å². The van der Waals surface area contributed by atoms with E-state index in [0.29, 0.717) is 0 Å². The molecule has 0 aliphatic rings. The lowest BCUT2D eigenvalue weighted by atomic mass is 10.1. The van der Waals surface area contributed by atoms with Gasteiger partial charge in [-0.2, -0.15) is 25.3 Å². The Hall–Kier alpha value is -0.160. The molecule has 0 aliphatic heterocycles. The van der Waals surface area contributed by atoms with E-state index in [4.69, 9.17) is 0 Å². The van der Waals surface area contributed by atoms with Crippen LogP contribution in [-0.2, 0) is 23.0 Å². The Kier molecular flexibility index (Phi) is 8.48. The van der Waals surface area contributed by atoms with Crippen LogP contribution in [0.1, 0.15) is 42.5 Å². The number of rotatable bonds is 9. The molecule has 0 radical (unpaired) electrons. The monoisotopic (exact) mass is 394 g/mol. The lowest BCUT2D eigenvalue weighted by Crippen LogP contribution is -2.14. The molecule has 4 heteroatoms. The molecule has 0 saturated heterocycles. The molecule has 0 fully saturated rings. The summed E-state index contributed by atoms with van der Waals surface area (Å²) in [6, 6.07) is 17.3. The Labute approximate surface area is 166 Å². The molecule has 0 unspecified atom stereocenters. The fraction of sp³-hybridized carbons (Fsp3) is 0.400. The van der Waals surface area contributed by atoms with Gasteiger partial charge < -0.3 is 0 Å². The van der Waals surface area contributed by atoms with E-state index in [2.05, 4.69) is 87.6 Å². The third kappa shape index (κ3) is 5.69. The van der Waals surface area contributed by atoms with Gasteiger partial charge in [0.05, 0.1) is 4.08 Å². The molecule has 0 nitrogen and oxygen atoms in total. The van der Waals surface area contributed by atoms with Gasteiger partial charge in [0.1, 0.15) is 0 Å². The average molecular weight is 395 g/mol. The molecule has 130 valence electrons. The minimum atomic E-state index is 0.216. The number of benzene rings is 2. The predicted molar refractivity (Wildman–Crippen MR) is 120 cm³/mol. The normalized spacial score (nSPS) is 11.7. The molecule has 24 heavy (non-hydrogen) atoms. The first-order valence-corrected chi connectivity index (χ1v) is 11.5. The predicted octanol–water partition coefficient (Wildman–Crippen LogP) is 6.84. The van der Waals surface area contributed by atoms with Crippen molar-refractivity contribution in [3.63, 3.8) is 0 Å². The van der Waals surface area contributed by atoms with E-state index in [1.165, 1.54) is 22.3 Å². The van der Waals surface area contributed by atoms with Crippen molar-refractivity contribution in [2.45, 2.75) is 47.4 Å². The van der Waals surface area contributed by atoms with E-state index in [1.54, 1.807) is 0 Å². The van der Waals surface area contributed by atoms with E-state index in [0.717, 1.165) is 29.4 Å². The fourth-order valence-electron chi connectivity index (χ4n) is 2.41. The Bertz CT molecular complexity index is 588. The summed E-state index contributed by atoms with van der Waals surface area (Å²) in [4.78, 5) is 0. The molecular formula is C20H26S4. The van der Waals surface area contributed by atoms with Crippen molar-refractivity contribution in [3.05, 3.63) is 70.8 Å². The molecule has 2 aromatic rings. The third-order valence-corrected chi connectivity index (χ3v) is 8.38. The maximum atomic E-state index is 4.46. The van der Waals surface area contributed by atoms with Crippen LogP contribution in [0, 0.1) is 0 Å². The maximum Gasteiger partial charge on any atom is 0.0587 e. The first-order valence-electron chi connectivity index (χ1n) is 8.25. The van der Waals surface area contributed by atoms with Crippen molar-refractivity contribution < 1.29 is 0 Å². The summed E-state index contributed by atoms with van der Waals surface area (Å²) in [6.07, 6.45) is 1.15. The van der Waals surface area contributed by atoms with Gasteiger partial charge in [-0.15, -0.1) is 23.5 Å². The quantitative estimate of drug-likeness (QED) is 0.353. The van der Waals surface area contributed by atoms with Crippen molar-refractivity contribution >= 4 is 48.8 Å². The molecule has 0 heterocycles. The van der Waals surface area contributed by atoms with Gasteiger partial charge in [0.15, 0.2) is 0 Å². The molecule has 0 amide bonds. The first kappa shape index (κ1) is 20.2. The van der Waals surface area contributed by atoms with Crippen LogP contribution in [-0.4, -0.2) is 4.08 Å². The second-order valence-corrected chi connectivity index (χ2v) is 9.77. The van der Waals surface area contributed by atoms with Gasteiger partial charge in [0.25, 0.3) is 0 Å². The fourth-order valence-corrected chi connectivity index (χ4v) is 5.61. The molecule has 0 aromatic heterocycles. The van der Waals surface area contributed by atoms with E-state index < -0.39 is 0 Å². The zero-order valence-electron chi connectivity index (χ0n) is 14.4. The summed E-state index contributed by atoms with van der Waals surface area (Å²) in [5.41, 5.74) is 5.51. The van der Waals surface area contributed by atoms with Gasteiger partial charge in [0, 0.05) is 23.0 Å². The van der Waals surface area contributed by atoms with E-state index >= 15 is 0 Å². The molecular weight excluding hydrogens is 368 g/mol. The van der Waals surface area contributed by atoms with Crippen LogP contribution >= 0.6 is 48.8 Å². The van der Waals surface area contributed by atoms with E-state index in [1.807, 2.05) is 23.5 Å². The lowest BCUT2D eigenvalue weighted by Gasteiger charge is -2.28. The Morgan fingerprint density at radius 1 is 0.750 bits per heavy atom. The van der Waals surface area contributed by atoms with Gasteiger partial charge in [-0.3, -0.25) is 0 Å². The number of thiol groups is 2. The van der Waals surface area contributed by atoms with Gasteiger partial charge in [-0.05, 0) is 35.6 Å². The van der Waals surface area contributed by atoms with Crippen LogP contribution in [0.25, 0.3) is 0 Å². The SMILES string of the molecule is CCC(C)(SCc1ccccc1CS)SCc1ccccc1CS. The van der Waals surface area contributed by atoms with Gasteiger partial charge in [0.2, 0.25) is 0 Å². The van der Waals surface area contributed by atoms with Crippen LogP contribution in [0.15, 0.2) is 48.5 Å². The van der Waals surface area contributed by atoms with Crippen LogP contribution in [0.2, 0.25) is 0 Å². The largest absolute Gasteiger partial charge is 0.175 e. The zero-order chi connectivity index (χ0) is 17.4. The summed E-state index contributed by atoms with van der Waals surface area (Å²) in [7, 11) is 0. The summed E-state index contributed by atoms with van der Waals surface area (Å²) in [5, 5.41) is 0. The number of thioether (sulfide) groups is 2. The summed E-state index contributed by atoms with van der Waals surface area (Å²) in [5.74, 6) is 3.70. The zero-order valence-corrected chi connectivity index (χ0v) is 17.8. The molecule has 2 rings (SSSR count). The van der Waals surface area contributed by atoms with Gasteiger partial charge >= 0.3 is 0 Å². The van der Waals surface area contributed by atoms with Crippen molar-refractivity contribution in [2.24, 2.45) is 0 Å². The highest BCUT2D eigenvalue weighted by atomic mass is 32.2. The molecule has 0 bridgehead atoms. The summed E-state index contributed by atoms with van der Waals surface area (Å²) < 4.78 is 0.216. The van der Waals surface area contributed by atoms with Crippen molar-refractivity contribution in [2.75, 3.05) is 0 Å². The minimum absolute atomic E-state index is 0.216. The molecule has 0 aliphatic carbocycles. The van der Waals surface area contributed by atoms with Gasteiger partial charge in [-0.1, -0.05) is 55.5 Å². The van der Waals surface area contributed by atoms with E-state index in [9.17, 15) is 0 Å². The van der Waals surface area contributed by atoms with Crippen molar-refractivity contribution in [1.82, 2.24) is 0 Å². The van der Waals surface area contributed by atoms with Gasteiger partial charge in [-0.25, -0.2) is 0 Å². The molecule has 0 N–H and O–H groups in total. The van der Waals surface area contributed by atoms with E-state index in [-0.39, 0.29) is 4.08 Å². The molecule has 0 spiro atoms. The summed E-state index contributed by atoms with van der Waals surface area (Å²) >= 11 is 13.0. The third-order valence-electron chi connectivity index (χ3n) is 4.29. The Morgan fingerprint density at radius 2 is 1.12 bits per heavy atom. The maximum absolute atomic E-state index is 4.46. The molecule has 2 aromatic carbocycles. The van der Waals surface area contributed by atoms with Crippen molar-refractivity contribution in [3.8, 4) is 0 Å². The summed E-state index contributed by atoms with van der Waals surface area (Å²) in [6.45, 7) is 4.66. The lowest BCUT2D eigenvalue weighted by molar-refractivity contribution is 0.844. The first-order chi connectivity index (χ1) is 11.6. The molecule has 0 saturated carbocycles. The molecule has 0 atom stereocenters. The van der Waals surface area contributed by atoms with Crippen LogP contribution < -0.4 is 0 Å². The topological polar surface area (TPSA) is 0 Å². The van der Waals surface area contributed by atoms with Crippen LogP contribution in [0.4, 0.5) is 0 Å². The Morgan fingerprint density at radius 3 is 1.46 bits per heavy atom. The highest BCUT2D eigenvalue weighted by molar-refractivity contribution is 8.17. The number of hydrogen-bond donors (Lipinski definition) is 2. The van der Waals surface area contributed by atoms with Crippen molar-refractivity contribution in [1.29, 1.82) is 0 Å². The highest BCUT2D eigenvalue weighted by Gasteiger charge is 2.24. The average Bonchev–Trinajstić information content (AvgIpc) is 2.65. The van der Waals surface area contributed by atoms with Crippen LogP contribution in [0.3, 0.4) is 0 Å². The smallest absolute Gasteiger partial charge is 0.0587 e.